The molecule has 120 valence electrons. The molecule has 3 heterocycles. The van der Waals surface area contributed by atoms with Crippen LogP contribution in [0, 0.1) is 0 Å². The van der Waals surface area contributed by atoms with Crippen LogP contribution in [-0.2, 0) is 13.0 Å². The van der Waals surface area contributed by atoms with E-state index in [0.717, 1.165) is 46.7 Å². The zero-order valence-electron chi connectivity index (χ0n) is 12.9. The maximum absolute atomic E-state index is 12.7. The average Bonchev–Trinajstić information content (AvgIpc) is 2.93. The van der Waals surface area contributed by atoms with Gasteiger partial charge in [0, 0.05) is 22.4 Å². The summed E-state index contributed by atoms with van der Waals surface area (Å²) in [5, 5.41) is 7.62. The number of benzene rings is 1. The molecule has 0 aliphatic carbocycles. The molecular formula is C17H18BrN3OS. The first-order chi connectivity index (χ1) is 11.2. The molecule has 1 aromatic heterocycles. The smallest absolute Gasteiger partial charge is 0.256 e. The highest BCUT2D eigenvalue weighted by Crippen LogP contribution is 2.40. The molecule has 0 bridgehead atoms. The summed E-state index contributed by atoms with van der Waals surface area (Å²) in [6, 6.07) is 8.05. The van der Waals surface area contributed by atoms with Gasteiger partial charge in [-0.15, -0.1) is 11.3 Å². The van der Waals surface area contributed by atoms with Crippen LogP contribution in [0.4, 0.5) is 5.00 Å². The van der Waals surface area contributed by atoms with Crippen LogP contribution in [0.2, 0.25) is 0 Å². The molecule has 1 aromatic carbocycles. The Bertz CT molecular complexity index is 756. The number of hydrogen-bond acceptors (Lipinski definition) is 4. The van der Waals surface area contributed by atoms with E-state index in [1.165, 1.54) is 10.4 Å². The second kappa shape index (κ2) is 5.92. The van der Waals surface area contributed by atoms with Gasteiger partial charge in [0.05, 0.1) is 5.56 Å². The van der Waals surface area contributed by atoms with E-state index in [1.54, 1.807) is 11.3 Å². The number of nitrogens with zero attached hydrogens (tertiary/aromatic N) is 1. The third-order valence-electron chi connectivity index (χ3n) is 4.56. The Balaban J connectivity index is 1.66. The maximum Gasteiger partial charge on any atom is 0.256 e. The number of anilines is 1. The number of carbonyl (C=O) groups is 1. The highest BCUT2D eigenvalue weighted by molar-refractivity contribution is 9.10. The van der Waals surface area contributed by atoms with Crippen LogP contribution in [0.3, 0.4) is 0 Å². The van der Waals surface area contributed by atoms with E-state index < -0.39 is 0 Å². The maximum atomic E-state index is 12.7. The van der Waals surface area contributed by atoms with Gasteiger partial charge in [-0.05, 0) is 36.2 Å². The molecule has 23 heavy (non-hydrogen) atoms. The summed E-state index contributed by atoms with van der Waals surface area (Å²) in [7, 11) is 0. The fourth-order valence-electron chi connectivity index (χ4n) is 3.26. The highest BCUT2D eigenvalue weighted by Gasteiger charge is 2.32. The van der Waals surface area contributed by atoms with Crippen molar-refractivity contribution in [1.29, 1.82) is 0 Å². The van der Waals surface area contributed by atoms with Gasteiger partial charge in [-0.2, -0.15) is 0 Å². The predicted octanol–water partition coefficient (Wildman–Crippen LogP) is 3.74. The topological polar surface area (TPSA) is 44.4 Å². The van der Waals surface area contributed by atoms with E-state index in [-0.39, 0.29) is 12.1 Å². The molecule has 2 aliphatic heterocycles. The Labute approximate surface area is 148 Å². The Kier molecular flexibility index (Phi) is 3.91. The molecule has 4 rings (SSSR count). The van der Waals surface area contributed by atoms with Crippen molar-refractivity contribution >= 4 is 38.2 Å². The van der Waals surface area contributed by atoms with E-state index in [2.05, 4.69) is 38.4 Å². The molecule has 1 amide bonds. The summed E-state index contributed by atoms with van der Waals surface area (Å²) in [5.74, 6) is 0.0501. The van der Waals surface area contributed by atoms with Gasteiger partial charge in [-0.1, -0.05) is 35.0 Å². The zero-order valence-corrected chi connectivity index (χ0v) is 15.3. The lowest BCUT2D eigenvalue weighted by atomic mass is 10.0. The van der Waals surface area contributed by atoms with E-state index >= 15 is 0 Å². The number of carbonyl (C=O) groups excluding carboxylic acids is 1. The number of halogens is 1. The first-order valence-corrected chi connectivity index (χ1v) is 9.46. The second-order valence-corrected chi connectivity index (χ2v) is 7.95. The van der Waals surface area contributed by atoms with Crippen LogP contribution in [-0.4, -0.2) is 23.9 Å². The van der Waals surface area contributed by atoms with Gasteiger partial charge in [0.1, 0.15) is 11.2 Å². The van der Waals surface area contributed by atoms with Gasteiger partial charge in [0.2, 0.25) is 0 Å². The standard InChI is InChI=1S/C17H18BrN3OS/c1-2-21-8-7-12-13(9-21)23-17-14(12)16(22)19-15(20-17)10-3-5-11(18)6-4-10/h3-6,15,20H,2,7-9H2,1H3,(H,19,22)/t15-/m0/s1. The van der Waals surface area contributed by atoms with Crippen molar-refractivity contribution in [3.05, 3.63) is 50.3 Å². The number of likely N-dealkylation sites (N-methyl/N-ethyl adjacent to an activating group) is 1. The fraction of sp³-hybridized carbons (Fsp3) is 0.353. The van der Waals surface area contributed by atoms with Crippen molar-refractivity contribution < 1.29 is 4.79 Å². The molecule has 0 spiro atoms. The minimum absolute atomic E-state index is 0.0501. The Morgan fingerprint density at radius 1 is 1.30 bits per heavy atom. The summed E-state index contributed by atoms with van der Waals surface area (Å²) in [6.07, 6.45) is 0.804. The highest BCUT2D eigenvalue weighted by atomic mass is 79.9. The van der Waals surface area contributed by atoms with Crippen LogP contribution in [0.5, 0.6) is 0 Å². The first kappa shape index (κ1) is 15.2. The van der Waals surface area contributed by atoms with Gasteiger partial charge in [0.15, 0.2) is 0 Å². The van der Waals surface area contributed by atoms with Gasteiger partial charge in [-0.3, -0.25) is 9.69 Å². The number of thiophene rings is 1. The Morgan fingerprint density at radius 2 is 2.09 bits per heavy atom. The summed E-state index contributed by atoms with van der Waals surface area (Å²) in [5.41, 5.74) is 3.18. The molecule has 0 saturated carbocycles. The van der Waals surface area contributed by atoms with Crippen LogP contribution in [0.25, 0.3) is 0 Å². The van der Waals surface area contributed by atoms with E-state index in [9.17, 15) is 4.79 Å². The van der Waals surface area contributed by atoms with E-state index in [1.807, 2.05) is 24.3 Å². The van der Waals surface area contributed by atoms with Crippen LogP contribution < -0.4 is 10.6 Å². The molecule has 0 unspecified atom stereocenters. The van der Waals surface area contributed by atoms with Gasteiger partial charge in [0.25, 0.3) is 5.91 Å². The molecule has 0 radical (unpaired) electrons. The largest absolute Gasteiger partial charge is 0.353 e. The molecule has 2 N–H and O–H groups in total. The monoisotopic (exact) mass is 391 g/mol. The molecule has 2 aliphatic rings. The lowest BCUT2D eigenvalue weighted by molar-refractivity contribution is 0.0934. The van der Waals surface area contributed by atoms with Crippen molar-refractivity contribution in [2.45, 2.75) is 26.1 Å². The molecule has 0 saturated heterocycles. The SMILES string of the molecule is CCN1CCc2c(sc3c2C(=O)N[C@H](c2ccc(Br)cc2)N3)C1. The van der Waals surface area contributed by atoms with Gasteiger partial charge in [-0.25, -0.2) is 0 Å². The van der Waals surface area contributed by atoms with Crippen LogP contribution in [0.15, 0.2) is 28.7 Å². The van der Waals surface area contributed by atoms with Crippen molar-refractivity contribution in [2.24, 2.45) is 0 Å². The number of hydrogen-bond donors (Lipinski definition) is 2. The number of amides is 1. The number of nitrogens with one attached hydrogen (secondary N) is 2. The fourth-order valence-corrected chi connectivity index (χ4v) is 4.84. The van der Waals surface area contributed by atoms with Gasteiger partial charge < -0.3 is 10.6 Å². The number of rotatable bonds is 2. The summed E-state index contributed by atoms with van der Waals surface area (Å²) in [6.45, 7) is 5.24. The molecule has 4 nitrogen and oxygen atoms in total. The first-order valence-electron chi connectivity index (χ1n) is 7.85. The quantitative estimate of drug-likeness (QED) is 0.819. The zero-order chi connectivity index (χ0) is 16.0. The van der Waals surface area contributed by atoms with Crippen molar-refractivity contribution in [1.82, 2.24) is 10.2 Å². The normalized spacial score (nSPS) is 20.4. The molecular weight excluding hydrogens is 374 g/mol. The number of fused-ring (bicyclic) bond motifs is 3. The summed E-state index contributed by atoms with van der Waals surface area (Å²) in [4.78, 5) is 16.4. The predicted molar refractivity (Wildman–Crippen MR) is 96.9 cm³/mol. The molecule has 6 heteroatoms. The third kappa shape index (κ3) is 2.69. The summed E-state index contributed by atoms with van der Waals surface area (Å²) < 4.78 is 1.04. The Hall–Kier alpha value is -1.37. The minimum atomic E-state index is -0.162. The van der Waals surface area contributed by atoms with Crippen molar-refractivity contribution in [3.8, 4) is 0 Å². The van der Waals surface area contributed by atoms with Crippen molar-refractivity contribution in [2.75, 3.05) is 18.4 Å². The van der Waals surface area contributed by atoms with E-state index in [4.69, 9.17) is 0 Å². The van der Waals surface area contributed by atoms with E-state index in [0.29, 0.717) is 0 Å². The Morgan fingerprint density at radius 3 is 2.83 bits per heavy atom. The lowest BCUT2D eigenvalue weighted by Crippen LogP contribution is -2.38. The lowest BCUT2D eigenvalue weighted by Gasteiger charge is -2.28. The van der Waals surface area contributed by atoms with Crippen LogP contribution in [0.1, 0.15) is 39.5 Å². The average molecular weight is 392 g/mol. The molecule has 0 fully saturated rings. The second-order valence-electron chi connectivity index (χ2n) is 5.93. The summed E-state index contributed by atoms with van der Waals surface area (Å²) >= 11 is 5.19. The minimum Gasteiger partial charge on any atom is -0.353 e. The van der Waals surface area contributed by atoms with Crippen molar-refractivity contribution in [3.63, 3.8) is 0 Å². The van der Waals surface area contributed by atoms with Crippen LogP contribution >= 0.6 is 27.3 Å². The van der Waals surface area contributed by atoms with Gasteiger partial charge >= 0.3 is 0 Å². The third-order valence-corrected chi connectivity index (χ3v) is 6.24. The molecule has 1 atom stereocenters. The molecule has 2 aromatic rings.